The Morgan fingerprint density at radius 3 is 2.47 bits per heavy atom. The van der Waals surface area contributed by atoms with Gasteiger partial charge in [-0.25, -0.2) is 8.42 Å². The van der Waals surface area contributed by atoms with Crippen molar-refractivity contribution >= 4 is 47.4 Å². The molecule has 1 rings (SSSR count). The van der Waals surface area contributed by atoms with Crippen LogP contribution in [0.5, 0.6) is 5.75 Å². The topological polar surface area (TPSA) is 43.4 Å². The van der Waals surface area contributed by atoms with E-state index in [1.54, 1.807) is 0 Å². The lowest BCUT2D eigenvalue weighted by Gasteiger charge is -2.09. The first-order valence-corrected chi connectivity index (χ1v) is 8.76. The van der Waals surface area contributed by atoms with Crippen molar-refractivity contribution in [2.75, 3.05) is 12.4 Å². The molecule has 0 bridgehead atoms. The Morgan fingerprint density at radius 1 is 1.37 bits per heavy atom. The van der Waals surface area contributed by atoms with Gasteiger partial charge in [-0.05, 0) is 45.9 Å². The van der Waals surface area contributed by atoms with E-state index in [0.29, 0.717) is 4.47 Å². The van der Waals surface area contributed by atoms with Crippen LogP contribution in [0, 0.1) is 0 Å². The summed E-state index contributed by atoms with van der Waals surface area (Å²) in [5, 5.41) is 0. The van der Waals surface area contributed by atoms with Crippen molar-refractivity contribution in [2.24, 2.45) is 0 Å². The van der Waals surface area contributed by atoms with Gasteiger partial charge in [0.25, 0.3) is 9.05 Å². The first kappa shape index (κ1) is 16.9. The molecule has 0 aliphatic heterocycles. The Labute approximate surface area is 125 Å². The number of benzene rings is 1. The number of ether oxygens (including phenoxy) is 1. The van der Waals surface area contributed by atoms with Crippen LogP contribution >= 0.6 is 38.4 Å². The summed E-state index contributed by atoms with van der Waals surface area (Å²) in [5.41, 5.74) is -4.29. The molecule has 0 fully saturated rings. The molecule has 0 saturated carbocycles. The molecule has 1 aromatic rings. The van der Waals surface area contributed by atoms with Crippen LogP contribution in [-0.4, -0.2) is 26.3 Å². The number of halogens is 5. The van der Waals surface area contributed by atoms with Crippen molar-refractivity contribution in [1.82, 2.24) is 0 Å². The third kappa shape index (κ3) is 6.24. The fourth-order valence-corrected chi connectivity index (χ4v) is 2.88. The highest BCUT2D eigenvalue weighted by molar-refractivity contribution is 9.10. The lowest BCUT2D eigenvalue weighted by atomic mass is 10.3. The predicted octanol–water partition coefficient (Wildman–Crippen LogP) is 4.01. The van der Waals surface area contributed by atoms with E-state index in [4.69, 9.17) is 15.4 Å². The first-order chi connectivity index (χ1) is 8.59. The molecular formula is C9H7BrClF3O3S2. The summed E-state index contributed by atoms with van der Waals surface area (Å²) in [5.74, 6) is -0.0160. The molecule has 0 radical (unpaired) electrons. The van der Waals surface area contributed by atoms with E-state index in [0.717, 1.165) is 0 Å². The van der Waals surface area contributed by atoms with E-state index < -0.39 is 14.6 Å². The van der Waals surface area contributed by atoms with Gasteiger partial charge in [0.1, 0.15) is 5.75 Å². The minimum Gasteiger partial charge on any atom is -0.492 e. The molecule has 0 N–H and O–H groups in total. The van der Waals surface area contributed by atoms with Crippen LogP contribution in [0.25, 0.3) is 0 Å². The maximum Gasteiger partial charge on any atom is 0.441 e. The second-order valence-corrected chi connectivity index (χ2v) is 7.75. The van der Waals surface area contributed by atoms with Crippen LogP contribution in [0.15, 0.2) is 27.6 Å². The summed E-state index contributed by atoms with van der Waals surface area (Å²) in [4.78, 5) is -0.127. The smallest absolute Gasteiger partial charge is 0.441 e. The fourth-order valence-electron chi connectivity index (χ4n) is 1.06. The molecule has 0 unspecified atom stereocenters. The Morgan fingerprint density at radius 2 is 2.00 bits per heavy atom. The van der Waals surface area contributed by atoms with Gasteiger partial charge in [0.15, 0.2) is 0 Å². The van der Waals surface area contributed by atoms with E-state index >= 15 is 0 Å². The minimum atomic E-state index is -4.29. The Hall–Kier alpha value is -0.120. The first-order valence-electron chi connectivity index (χ1n) is 4.67. The van der Waals surface area contributed by atoms with Gasteiger partial charge in [-0.15, -0.1) is 0 Å². The quantitative estimate of drug-likeness (QED) is 0.554. The van der Waals surface area contributed by atoms with Crippen molar-refractivity contribution in [3.05, 3.63) is 22.7 Å². The molecule has 3 nitrogen and oxygen atoms in total. The Bertz CT molecular complexity index is 548. The van der Waals surface area contributed by atoms with Crippen LogP contribution in [0.3, 0.4) is 0 Å². The maximum atomic E-state index is 11.9. The molecule has 0 heterocycles. The normalized spacial score (nSPS) is 12.5. The van der Waals surface area contributed by atoms with Crippen LogP contribution in [0.2, 0.25) is 0 Å². The molecule has 0 atom stereocenters. The molecule has 0 amide bonds. The second-order valence-electron chi connectivity index (χ2n) is 3.17. The lowest BCUT2D eigenvalue weighted by Crippen LogP contribution is -2.07. The highest BCUT2D eigenvalue weighted by atomic mass is 79.9. The van der Waals surface area contributed by atoms with Crippen molar-refractivity contribution in [3.63, 3.8) is 0 Å². The van der Waals surface area contributed by atoms with Crippen molar-refractivity contribution in [3.8, 4) is 5.75 Å². The number of alkyl halides is 3. The van der Waals surface area contributed by atoms with Gasteiger partial charge in [0, 0.05) is 16.4 Å². The average Bonchev–Trinajstić information content (AvgIpc) is 2.23. The largest absolute Gasteiger partial charge is 0.492 e. The molecule has 0 saturated heterocycles. The summed E-state index contributed by atoms with van der Waals surface area (Å²) >= 11 is 2.86. The van der Waals surface area contributed by atoms with E-state index in [9.17, 15) is 21.6 Å². The molecule has 1 aromatic carbocycles. The summed E-state index contributed by atoms with van der Waals surface area (Å²) in [7, 11) is 1.29. The SMILES string of the molecule is O=S(=O)(Cl)c1ccc(OCCSC(F)(F)F)c(Br)c1. The van der Waals surface area contributed by atoms with E-state index in [1.165, 1.54) is 18.2 Å². The monoisotopic (exact) mass is 398 g/mol. The molecule has 0 spiro atoms. The molecule has 108 valence electrons. The third-order valence-corrected chi connectivity index (χ3v) is 4.46. The summed E-state index contributed by atoms with van der Waals surface area (Å²) in [6, 6.07) is 3.74. The lowest BCUT2D eigenvalue weighted by molar-refractivity contribution is -0.0329. The van der Waals surface area contributed by atoms with Crippen LogP contribution in [0.1, 0.15) is 0 Å². The van der Waals surface area contributed by atoms with Gasteiger partial charge < -0.3 is 4.74 Å². The fraction of sp³-hybridized carbons (Fsp3) is 0.333. The maximum absolute atomic E-state index is 11.9. The highest BCUT2D eigenvalue weighted by Crippen LogP contribution is 2.31. The Kier molecular flexibility index (Phi) is 5.84. The van der Waals surface area contributed by atoms with Gasteiger partial charge in [-0.2, -0.15) is 13.2 Å². The molecule has 19 heavy (non-hydrogen) atoms. The number of hydrogen-bond acceptors (Lipinski definition) is 4. The molecule has 0 aromatic heterocycles. The summed E-state index contributed by atoms with van der Waals surface area (Å²) in [6.45, 7) is -0.157. The van der Waals surface area contributed by atoms with Crippen LogP contribution < -0.4 is 4.74 Å². The van der Waals surface area contributed by atoms with Crippen LogP contribution in [0.4, 0.5) is 13.2 Å². The average molecular weight is 400 g/mol. The number of hydrogen-bond donors (Lipinski definition) is 0. The van der Waals surface area contributed by atoms with Crippen LogP contribution in [-0.2, 0) is 9.05 Å². The zero-order chi connectivity index (χ0) is 14.7. The zero-order valence-corrected chi connectivity index (χ0v) is 13.1. The van der Waals surface area contributed by atoms with Gasteiger partial charge in [0.2, 0.25) is 0 Å². The molecule has 0 aliphatic carbocycles. The standard InChI is InChI=1S/C9H7BrClF3O3S2/c10-7-5-6(19(11,15)16)1-2-8(7)17-3-4-18-9(12,13)14/h1-2,5H,3-4H2. The predicted molar refractivity (Wildman–Crippen MR) is 71.2 cm³/mol. The number of thioether (sulfide) groups is 1. The second kappa shape index (κ2) is 6.55. The van der Waals surface area contributed by atoms with Gasteiger partial charge >= 0.3 is 5.51 Å². The summed E-state index contributed by atoms with van der Waals surface area (Å²) < 4.78 is 63.1. The molecular weight excluding hydrogens is 393 g/mol. The molecule has 10 heteroatoms. The van der Waals surface area contributed by atoms with E-state index in [-0.39, 0.29) is 34.8 Å². The van der Waals surface area contributed by atoms with E-state index in [2.05, 4.69) is 15.9 Å². The van der Waals surface area contributed by atoms with Crippen molar-refractivity contribution < 1.29 is 26.3 Å². The minimum absolute atomic E-state index is 0.127. The van der Waals surface area contributed by atoms with E-state index in [1.807, 2.05) is 0 Å². The third-order valence-electron chi connectivity index (χ3n) is 1.79. The zero-order valence-electron chi connectivity index (χ0n) is 9.08. The van der Waals surface area contributed by atoms with Crippen molar-refractivity contribution in [2.45, 2.75) is 10.4 Å². The van der Waals surface area contributed by atoms with Crippen molar-refractivity contribution in [1.29, 1.82) is 0 Å². The molecule has 0 aliphatic rings. The van der Waals surface area contributed by atoms with Gasteiger partial charge in [-0.3, -0.25) is 0 Å². The number of rotatable bonds is 5. The highest BCUT2D eigenvalue weighted by Gasteiger charge is 2.27. The Balaban J connectivity index is 2.61. The van der Waals surface area contributed by atoms with Gasteiger partial charge in [0.05, 0.1) is 16.0 Å². The summed E-state index contributed by atoms with van der Waals surface area (Å²) in [6.07, 6.45) is 0. The van der Waals surface area contributed by atoms with Gasteiger partial charge in [-0.1, -0.05) is 0 Å².